The average Bonchev–Trinajstić information content (AvgIpc) is 2.29. The molecule has 0 saturated carbocycles. The van der Waals surface area contributed by atoms with Gasteiger partial charge in [0.05, 0.1) is 13.2 Å². The van der Waals surface area contributed by atoms with Crippen molar-refractivity contribution in [3.8, 4) is 0 Å². The first kappa shape index (κ1) is 15.3. The van der Waals surface area contributed by atoms with Gasteiger partial charge in [0.25, 0.3) is 0 Å². The number of alkyl halides is 1. The van der Waals surface area contributed by atoms with Gasteiger partial charge in [0.15, 0.2) is 5.67 Å². The second-order valence-electron chi connectivity index (χ2n) is 6.04. The standard InChI is InChI=1S/C14H23FO2Si/c1-13(2,3)18(12-8-6-5-7-9-12)17-11-14(4,15)10-16/h5-9,16,18H,10-11H2,1-4H3. The maximum absolute atomic E-state index is 13.7. The first-order valence-corrected chi connectivity index (χ1v) is 7.85. The summed E-state index contributed by atoms with van der Waals surface area (Å²) >= 11 is 0. The first-order chi connectivity index (χ1) is 8.26. The zero-order chi connectivity index (χ0) is 13.8. The molecule has 0 amide bonds. The molecule has 0 aliphatic carbocycles. The van der Waals surface area contributed by atoms with Gasteiger partial charge in [-0.05, 0) is 17.1 Å². The van der Waals surface area contributed by atoms with Crippen molar-refractivity contribution in [3.63, 3.8) is 0 Å². The van der Waals surface area contributed by atoms with E-state index in [9.17, 15) is 4.39 Å². The van der Waals surface area contributed by atoms with Gasteiger partial charge in [-0.15, -0.1) is 0 Å². The van der Waals surface area contributed by atoms with Crippen molar-refractivity contribution in [2.45, 2.75) is 38.4 Å². The minimum Gasteiger partial charge on any atom is -0.412 e. The maximum Gasteiger partial charge on any atom is 0.213 e. The maximum atomic E-state index is 13.7. The van der Waals surface area contributed by atoms with Gasteiger partial charge in [0, 0.05) is 0 Å². The fourth-order valence-electron chi connectivity index (χ4n) is 1.78. The summed E-state index contributed by atoms with van der Waals surface area (Å²) in [6.07, 6.45) is 0. The van der Waals surface area contributed by atoms with E-state index in [-0.39, 0.29) is 11.6 Å². The monoisotopic (exact) mass is 270 g/mol. The van der Waals surface area contributed by atoms with Crippen molar-refractivity contribution in [2.75, 3.05) is 13.2 Å². The van der Waals surface area contributed by atoms with Gasteiger partial charge < -0.3 is 9.53 Å². The quantitative estimate of drug-likeness (QED) is 0.831. The summed E-state index contributed by atoms with van der Waals surface area (Å²) < 4.78 is 19.6. The molecule has 0 heterocycles. The van der Waals surface area contributed by atoms with Crippen LogP contribution in [0, 0.1) is 0 Å². The Morgan fingerprint density at radius 2 is 1.72 bits per heavy atom. The largest absolute Gasteiger partial charge is 0.412 e. The van der Waals surface area contributed by atoms with E-state index in [0.29, 0.717) is 0 Å². The number of halogens is 1. The van der Waals surface area contributed by atoms with Gasteiger partial charge in [-0.1, -0.05) is 51.1 Å². The Morgan fingerprint density at radius 1 is 1.17 bits per heavy atom. The highest BCUT2D eigenvalue weighted by molar-refractivity contribution is 6.70. The minimum atomic E-state index is -1.75. The van der Waals surface area contributed by atoms with Crippen LogP contribution in [-0.4, -0.2) is 33.0 Å². The second-order valence-corrected chi connectivity index (χ2v) is 9.53. The fourth-order valence-corrected chi connectivity index (χ4v) is 4.56. The Morgan fingerprint density at radius 3 is 2.17 bits per heavy atom. The van der Waals surface area contributed by atoms with Crippen LogP contribution in [-0.2, 0) is 4.43 Å². The van der Waals surface area contributed by atoms with Crippen molar-refractivity contribution in [1.29, 1.82) is 0 Å². The summed E-state index contributed by atoms with van der Waals surface area (Å²) in [6.45, 7) is 7.16. The molecule has 18 heavy (non-hydrogen) atoms. The number of hydrogen-bond donors (Lipinski definition) is 1. The fraction of sp³-hybridized carbons (Fsp3) is 0.571. The SMILES string of the molecule is CC(F)(CO)CO[SiH](c1ccccc1)C(C)(C)C. The van der Waals surface area contributed by atoms with Crippen molar-refractivity contribution >= 4 is 14.2 Å². The predicted octanol–water partition coefficient (Wildman–Crippen LogP) is 2.15. The molecule has 0 radical (unpaired) electrons. The number of aliphatic hydroxyl groups is 1. The number of rotatable bonds is 5. The van der Waals surface area contributed by atoms with Gasteiger partial charge in [-0.2, -0.15) is 0 Å². The van der Waals surface area contributed by atoms with Gasteiger partial charge in [0.2, 0.25) is 9.04 Å². The molecule has 2 nitrogen and oxygen atoms in total. The third-order valence-corrected chi connectivity index (χ3v) is 5.83. The molecule has 1 N–H and O–H groups in total. The first-order valence-electron chi connectivity index (χ1n) is 6.22. The normalized spacial score (nSPS) is 17.2. The smallest absolute Gasteiger partial charge is 0.213 e. The van der Waals surface area contributed by atoms with E-state index in [1.165, 1.54) is 12.1 Å². The van der Waals surface area contributed by atoms with Crippen LogP contribution in [0.25, 0.3) is 0 Å². The molecule has 2 unspecified atom stereocenters. The summed E-state index contributed by atoms with van der Waals surface area (Å²) in [5.74, 6) is 0. The van der Waals surface area contributed by atoms with Gasteiger partial charge >= 0.3 is 0 Å². The molecule has 102 valence electrons. The van der Waals surface area contributed by atoms with Crippen LogP contribution in [0.2, 0.25) is 5.04 Å². The lowest BCUT2D eigenvalue weighted by Crippen LogP contribution is -2.45. The number of aliphatic hydroxyl groups excluding tert-OH is 1. The van der Waals surface area contributed by atoms with Crippen LogP contribution >= 0.6 is 0 Å². The average molecular weight is 270 g/mol. The van der Waals surface area contributed by atoms with Gasteiger partial charge in [-0.25, -0.2) is 4.39 Å². The zero-order valence-electron chi connectivity index (χ0n) is 11.6. The molecule has 2 atom stereocenters. The Hall–Kier alpha value is -0.713. The van der Waals surface area contributed by atoms with E-state index < -0.39 is 21.3 Å². The topological polar surface area (TPSA) is 29.5 Å². The van der Waals surface area contributed by atoms with E-state index in [0.717, 1.165) is 0 Å². The molecule has 1 aromatic rings. The highest BCUT2D eigenvalue weighted by Crippen LogP contribution is 2.28. The van der Waals surface area contributed by atoms with Crippen LogP contribution in [0.5, 0.6) is 0 Å². The Kier molecular flexibility index (Phi) is 5.07. The van der Waals surface area contributed by atoms with Gasteiger partial charge in [0.1, 0.15) is 0 Å². The molecule has 1 rings (SSSR count). The molecule has 0 saturated heterocycles. The lowest BCUT2D eigenvalue weighted by atomic mass is 10.2. The number of hydrogen-bond acceptors (Lipinski definition) is 2. The van der Waals surface area contributed by atoms with Crippen LogP contribution in [0.4, 0.5) is 4.39 Å². The highest BCUT2D eigenvalue weighted by Gasteiger charge is 2.33. The van der Waals surface area contributed by atoms with Crippen molar-refractivity contribution in [2.24, 2.45) is 0 Å². The van der Waals surface area contributed by atoms with Crippen LogP contribution < -0.4 is 5.19 Å². The molecule has 0 bridgehead atoms. The molecule has 0 aromatic heterocycles. The molecule has 0 fully saturated rings. The van der Waals surface area contributed by atoms with Crippen molar-refractivity contribution in [1.82, 2.24) is 0 Å². The molecular formula is C14H23FO2Si. The van der Waals surface area contributed by atoms with E-state index in [1.54, 1.807) is 0 Å². The number of benzene rings is 1. The third-order valence-electron chi connectivity index (χ3n) is 2.77. The van der Waals surface area contributed by atoms with E-state index >= 15 is 0 Å². The van der Waals surface area contributed by atoms with Crippen molar-refractivity contribution < 1.29 is 13.9 Å². The summed E-state index contributed by atoms with van der Waals surface area (Å²) in [4.78, 5) is 0. The molecule has 1 aromatic carbocycles. The Balaban J connectivity index is 2.82. The summed E-state index contributed by atoms with van der Waals surface area (Å²) in [7, 11) is -1.75. The lowest BCUT2D eigenvalue weighted by molar-refractivity contribution is 0.0391. The molecule has 0 aliphatic rings. The van der Waals surface area contributed by atoms with Gasteiger partial charge in [-0.3, -0.25) is 0 Å². The van der Waals surface area contributed by atoms with Crippen molar-refractivity contribution in [3.05, 3.63) is 30.3 Å². The lowest BCUT2D eigenvalue weighted by Gasteiger charge is -2.31. The molecule has 0 aliphatic heterocycles. The zero-order valence-corrected chi connectivity index (χ0v) is 12.8. The van der Waals surface area contributed by atoms with E-state index in [2.05, 4.69) is 20.8 Å². The Bertz CT molecular complexity index is 360. The minimum absolute atomic E-state index is 0.00683. The van der Waals surface area contributed by atoms with Crippen LogP contribution in [0.3, 0.4) is 0 Å². The predicted molar refractivity (Wildman–Crippen MR) is 75.5 cm³/mol. The molecule has 4 heteroatoms. The van der Waals surface area contributed by atoms with E-state index in [4.69, 9.17) is 9.53 Å². The summed E-state index contributed by atoms with van der Waals surface area (Å²) in [5, 5.41) is 10.1. The summed E-state index contributed by atoms with van der Waals surface area (Å²) in [6, 6.07) is 9.99. The molecular weight excluding hydrogens is 247 g/mol. The third kappa shape index (κ3) is 4.52. The Labute approximate surface area is 111 Å². The molecule has 0 spiro atoms. The highest BCUT2D eigenvalue weighted by atomic mass is 28.3. The second kappa shape index (κ2) is 5.95. The van der Waals surface area contributed by atoms with E-state index in [1.807, 2.05) is 30.3 Å². The van der Waals surface area contributed by atoms with Crippen LogP contribution in [0.15, 0.2) is 30.3 Å². The van der Waals surface area contributed by atoms with Crippen LogP contribution in [0.1, 0.15) is 27.7 Å². The summed E-state index contributed by atoms with van der Waals surface area (Å²) in [5.41, 5.74) is -1.66.